The molecule has 0 spiro atoms. The number of anilines is 1. The van der Waals surface area contributed by atoms with E-state index in [0.717, 1.165) is 21.3 Å². The molecular weight excluding hydrogens is 348 g/mol. The third-order valence-corrected chi connectivity index (χ3v) is 4.96. The van der Waals surface area contributed by atoms with Gasteiger partial charge in [-0.05, 0) is 43.2 Å². The SMILES string of the molecule is Cc1ccc2nc(N(Cc3cccnc3)C(=O)c3cc(C)on3)sc2c1. The van der Waals surface area contributed by atoms with Crippen LogP contribution in [0.4, 0.5) is 5.13 Å². The first-order valence-corrected chi connectivity index (χ1v) is 8.93. The summed E-state index contributed by atoms with van der Waals surface area (Å²) in [6, 6.07) is 11.5. The third-order valence-electron chi connectivity index (χ3n) is 3.92. The summed E-state index contributed by atoms with van der Waals surface area (Å²) in [6.45, 7) is 4.16. The molecule has 130 valence electrons. The van der Waals surface area contributed by atoms with Gasteiger partial charge in [-0.1, -0.05) is 28.6 Å². The molecule has 3 heterocycles. The molecular formula is C19H16N4O2S. The molecule has 0 saturated carbocycles. The molecule has 7 heteroatoms. The van der Waals surface area contributed by atoms with E-state index in [4.69, 9.17) is 4.52 Å². The summed E-state index contributed by atoms with van der Waals surface area (Å²) >= 11 is 1.48. The van der Waals surface area contributed by atoms with Crippen molar-refractivity contribution in [2.24, 2.45) is 0 Å². The number of carbonyl (C=O) groups excluding carboxylic acids is 1. The predicted octanol–water partition coefficient (Wildman–Crippen LogP) is 4.14. The van der Waals surface area contributed by atoms with E-state index in [-0.39, 0.29) is 11.6 Å². The summed E-state index contributed by atoms with van der Waals surface area (Å²) in [5, 5.41) is 4.49. The molecule has 1 aromatic carbocycles. The van der Waals surface area contributed by atoms with Crippen molar-refractivity contribution in [2.75, 3.05) is 4.90 Å². The van der Waals surface area contributed by atoms with E-state index in [1.54, 1.807) is 30.3 Å². The van der Waals surface area contributed by atoms with E-state index in [2.05, 4.69) is 21.2 Å². The number of nitrogens with zero attached hydrogens (tertiary/aromatic N) is 4. The Kier molecular flexibility index (Phi) is 4.22. The number of fused-ring (bicyclic) bond motifs is 1. The first-order chi connectivity index (χ1) is 12.6. The van der Waals surface area contributed by atoms with Crippen LogP contribution in [0.2, 0.25) is 0 Å². The normalized spacial score (nSPS) is 11.0. The minimum atomic E-state index is -0.249. The number of aromatic nitrogens is 3. The largest absolute Gasteiger partial charge is 0.361 e. The van der Waals surface area contributed by atoms with Gasteiger partial charge in [0.2, 0.25) is 0 Å². The van der Waals surface area contributed by atoms with Gasteiger partial charge in [-0.2, -0.15) is 0 Å². The van der Waals surface area contributed by atoms with Crippen LogP contribution >= 0.6 is 11.3 Å². The van der Waals surface area contributed by atoms with Gasteiger partial charge in [0, 0.05) is 18.5 Å². The lowest BCUT2D eigenvalue weighted by Gasteiger charge is -2.18. The molecule has 0 atom stereocenters. The monoisotopic (exact) mass is 364 g/mol. The van der Waals surface area contributed by atoms with Gasteiger partial charge in [0.15, 0.2) is 10.8 Å². The molecule has 4 rings (SSSR count). The number of carbonyl (C=O) groups is 1. The predicted molar refractivity (Wildman–Crippen MR) is 100 cm³/mol. The molecule has 6 nitrogen and oxygen atoms in total. The molecule has 0 bridgehead atoms. The molecule has 0 aliphatic heterocycles. The maximum atomic E-state index is 13.1. The molecule has 0 fully saturated rings. The molecule has 3 aromatic heterocycles. The standard InChI is InChI=1S/C19H16N4O2S/c1-12-5-6-15-17(8-12)26-19(21-15)23(11-14-4-3-7-20-10-14)18(24)16-9-13(2)25-22-16/h3-10H,11H2,1-2H3. The Labute approximate surface area is 154 Å². The van der Waals surface area contributed by atoms with Crippen LogP contribution in [0.5, 0.6) is 0 Å². The summed E-state index contributed by atoms with van der Waals surface area (Å²) in [5.74, 6) is 0.344. The van der Waals surface area contributed by atoms with Crippen molar-refractivity contribution in [3.8, 4) is 0 Å². The van der Waals surface area contributed by atoms with Gasteiger partial charge in [-0.25, -0.2) is 4.98 Å². The highest BCUT2D eigenvalue weighted by molar-refractivity contribution is 7.22. The fraction of sp³-hybridized carbons (Fsp3) is 0.158. The van der Waals surface area contributed by atoms with Crippen LogP contribution in [-0.4, -0.2) is 21.0 Å². The minimum absolute atomic E-state index is 0.249. The molecule has 4 aromatic rings. The first-order valence-electron chi connectivity index (χ1n) is 8.11. The summed E-state index contributed by atoms with van der Waals surface area (Å²) in [5.41, 5.74) is 3.21. The van der Waals surface area contributed by atoms with Crippen molar-refractivity contribution < 1.29 is 9.32 Å². The fourth-order valence-corrected chi connectivity index (χ4v) is 3.70. The molecule has 1 amide bonds. The van der Waals surface area contributed by atoms with Crippen LogP contribution in [0.3, 0.4) is 0 Å². The van der Waals surface area contributed by atoms with Gasteiger partial charge in [-0.15, -0.1) is 0 Å². The van der Waals surface area contributed by atoms with E-state index >= 15 is 0 Å². The zero-order valence-electron chi connectivity index (χ0n) is 14.3. The lowest BCUT2D eigenvalue weighted by atomic mass is 10.2. The number of benzene rings is 1. The van der Waals surface area contributed by atoms with E-state index in [0.29, 0.717) is 17.4 Å². The summed E-state index contributed by atoms with van der Waals surface area (Å²) in [6.07, 6.45) is 3.45. The van der Waals surface area contributed by atoms with E-state index in [1.807, 2.05) is 31.2 Å². The highest BCUT2D eigenvalue weighted by atomic mass is 32.1. The lowest BCUT2D eigenvalue weighted by molar-refractivity contribution is 0.0976. The molecule has 0 aliphatic carbocycles. The van der Waals surface area contributed by atoms with Crippen molar-refractivity contribution in [3.63, 3.8) is 0 Å². The van der Waals surface area contributed by atoms with Crippen LogP contribution < -0.4 is 4.90 Å². The van der Waals surface area contributed by atoms with Gasteiger partial charge in [0.1, 0.15) is 5.76 Å². The van der Waals surface area contributed by atoms with Crippen molar-refractivity contribution in [3.05, 3.63) is 71.4 Å². The van der Waals surface area contributed by atoms with E-state index < -0.39 is 0 Å². The van der Waals surface area contributed by atoms with Crippen LogP contribution in [0, 0.1) is 13.8 Å². The van der Waals surface area contributed by atoms with Gasteiger partial charge in [-0.3, -0.25) is 14.7 Å². The van der Waals surface area contributed by atoms with Gasteiger partial charge < -0.3 is 4.52 Å². The Bertz CT molecular complexity index is 1070. The highest BCUT2D eigenvalue weighted by Crippen LogP contribution is 2.31. The number of amides is 1. The highest BCUT2D eigenvalue weighted by Gasteiger charge is 2.24. The summed E-state index contributed by atoms with van der Waals surface area (Å²) in [4.78, 5) is 23.5. The summed E-state index contributed by atoms with van der Waals surface area (Å²) < 4.78 is 6.11. The lowest BCUT2D eigenvalue weighted by Crippen LogP contribution is -2.30. The average molecular weight is 364 g/mol. The maximum Gasteiger partial charge on any atom is 0.282 e. The third kappa shape index (κ3) is 3.21. The van der Waals surface area contributed by atoms with Crippen LogP contribution in [-0.2, 0) is 6.54 Å². The average Bonchev–Trinajstić information content (AvgIpc) is 3.25. The Morgan fingerprint density at radius 2 is 2.12 bits per heavy atom. The number of thiazole rings is 1. The second kappa shape index (κ2) is 6.68. The van der Waals surface area contributed by atoms with Crippen LogP contribution in [0.15, 0.2) is 53.3 Å². The number of rotatable bonds is 4. The number of hydrogen-bond acceptors (Lipinski definition) is 6. The number of aryl methyl sites for hydroxylation is 2. The maximum absolute atomic E-state index is 13.1. The first kappa shape index (κ1) is 16.4. The second-order valence-electron chi connectivity index (χ2n) is 6.04. The smallest absolute Gasteiger partial charge is 0.282 e. The Hall–Kier alpha value is -3.06. The molecule has 0 N–H and O–H groups in total. The van der Waals surface area contributed by atoms with Crippen LogP contribution in [0.1, 0.15) is 27.4 Å². The number of hydrogen-bond donors (Lipinski definition) is 0. The second-order valence-corrected chi connectivity index (χ2v) is 7.05. The molecule has 0 radical (unpaired) electrons. The van der Waals surface area contributed by atoms with Gasteiger partial charge in [0.25, 0.3) is 5.91 Å². The minimum Gasteiger partial charge on any atom is -0.361 e. The van der Waals surface area contributed by atoms with E-state index in [9.17, 15) is 4.79 Å². The van der Waals surface area contributed by atoms with Crippen molar-refractivity contribution in [1.29, 1.82) is 0 Å². The zero-order valence-corrected chi connectivity index (χ0v) is 15.2. The molecule has 0 aliphatic rings. The molecule has 26 heavy (non-hydrogen) atoms. The van der Waals surface area contributed by atoms with Crippen molar-refractivity contribution in [2.45, 2.75) is 20.4 Å². The van der Waals surface area contributed by atoms with E-state index in [1.165, 1.54) is 11.3 Å². The van der Waals surface area contributed by atoms with Gasteiger partial charge >= 0.3 is 0 Å². The molecule has 0 saturated heterocycles. The Morgan fingerprint density at radius 3 is 2.85 bits per heavy atom. The van der Waals surface area contributed by atoms with Gasteiger partial charge in [0.05, 0.1) is 16.8 Å². The fourth-order valence-electron chi connectivity index (χ4n) is 2.64. The van der Waals surface area contributed by atoms with Crippen molar-refractivity contribution in [1.82, 2.24) is 15.1 Å². The Morgan fingerprint density at radius 1 is 1.23 bits per heavy atom. The Balaban J connectivity index is 1.76. The number of pyridine rings is 1. The topological polar surface area (TPSA) is 72.1 Å². The van der Waals surface area contributed by atoms with Crippen LogP contribution in [0.25, 0.3) is 10.2 Å². The summed E-state index contributed by atoms with van der Waals surface area (Å²) in [7, 11) is 0. The van der Waals surface area contributed by atoms with Crippen molar-refractivity contribution >= 4 is 32.6 Å². The molecule has 0 unspecified atom stereocenters. The zero-order chi connectivity index (χ0) is 18.1. The quantitative estimate of drug-likeness (QED) is 0.544.